The molecule has 0 bridgehead atoms. The van der Waals surface area contributed by atoms with Crippen LogP contribution in [0.15, 0.2) is 33.3 Å². The summed E-state index contributed by atoms with van der Waals surface area (Å²) >= 11 is 3.45. The Hall–Kier alpha value is -1.20. The van der Waals surface area contributed by atoms with Crippen molar-refractivity contribution in [3.8, 4) is 11.5 Å². The van der Waals surface area contributed by atoms with E-state index in [1.54, 1.807) is 0 Å². The third-order valence-electron chi connectivity index (χ3n) is 3.94. The fraction of sp³-hybridized carbons (Fsp3) is 0.467. The Morgan fingerprint density at radius 1 is 1.15 bits per heavy atom. The lowest BCUT2D eigenvalue weighted by Gasteiger charge is -2.23. The van der Waals surface area contributed by atoms with Gasteiger partial charge in [0, 0.05) is 10.0 Å². The summed E-state index contributed by atoms with van der Waals surface area (Å²) in [4.78, 5) is 4.54. The third-order valence-corrected chi connectivity index (χ3v) is 4.43. The molecule has 0 saturated heterocycles. The third kappa shape index (κ3) is 2.79. The molecule has 0 unspecified atom stereocenters. The first-order valence-corrected chi connectivity index (χ1v) is 7.86. The van der Waals surface area contributed by atoms with Gasteiger partial charge in [0.1, 0.15) is 0 Å². The summed E-state index contributed by atoms with van der Waals surface area (Å²) in [5.74, 6) is 1.18. The summed E-state index contributed by atoms with van der Waals surface area (Å²) in [7, 11) is 0. The lowest BCUT2D eigenvalue weighted by molar-refractivity contribution is 0.334. The maximum absolute atomic E-state index is 6.51. The van der Waals surface area contributed by atoms with Gasteiger partial charge in [0.05, 0.1) is 5.54 Å². The maximum atomic E-state index is 6.51. The zero-order valence-corrected chi connectivity index (χ0v) is 12.9. The van der Waals surface area contributed by atoms with Crippen molar-refractivity contribution in [3.63, 3.8) is 0 Å². The number of halogens is 1. The molecule has 1 aliphatic carbocycles. The van der Waals surface area contributed by atoms with E-state index >= 15 is 0 Å². The minimum Gasteiger partial charge on any atom is -0.334 e. The average Bonchev–Trinajstić information content (AvgIpc) is 2.84. The molecule has 0 amide bonds. The Balaban J connectivity index is 1.89. The van der Waals surface area contributed by atoms with Crippen LogP contribution in [0.1, 0.15) is 44.3 Å². The molecule has 2 aromatic rings. The Morgan fingerprint density at radius 2 is 1.90 bits per heavy atom. The quantitative estimate of drug-likeness (QED) is 0.842. The van der Waals surface area contributed by atoms with Crippen LogP contribution in [-0.2, 0) is 5.54 Å². The summed E-state index contributed by atoms with van der Waals surface area (Å²) in [5, 5.41) is 4.13. The van der Waals surface area contributed by atoms with Crippen LogP contribution in [0.3, 0.4) is 0 Å². The first kappa shape index (κ1) is 13.8. The van der Waals surface area contributed by atoms with Crippen molar-refractivity contribution < 1.29 is 4.52 Å². The highest BCUT2D eigenvalue weighted by Gasteiger charge is 2.33. The van der Waals surface area contributed by atoms with Gasteiger partial charge in [-0.25, -0.2) is 0 Å². The Morgan fingerprint density at radius 3 is 2.60 bits per heavy atom. The van der Waals surface area contributed by atoms with E-state index in [1.165, 1.54) is 12.8 Å². The van der Waals surface area contributed by atoms with Gasteiger partial charge in [-0.05, 0) is 31.0 Å². The molecule has 0 spiro atoms. The molecular weight excluding hydrogens is 318 g/mol. The highest BCUT2D eigenvalue weighted by Crippen LogP contribution is 2.33. The first-order chi connectivity index (χ1) is 9.67. The van der Waals surface area contributed by atoms with Crippen LogP contribution in [0.2, 0.25) is 0 Å². The largest absolute Gasteiger partial charge is 0.334 e. The second-order valence-electron chi connectivity index (χ2n) is 5.50. The van der Waals surface area contributed by atoms with Gasteiger partial charge in [-0.1, -0.05) is 52.8 Å². The predicted octanol–water partition coefficient (Wildman–Crippen LogP) is 4.01. The Kier molecular flexibility index (Phi) is 3.89. The SMILES string of the molecule is NC1(c2noc(-c3cccc(Br)c3)n2)CCCCCC1. The number of nitrogens with zero attached hydrogens (tertiary/aromatic N) is 2. The molecule has 5 heteroatoms. The summed E-state index contributed by atoms with van der Waals surface area (Å²) in [6, 6.07) is 7.84. The number of benzene rings is 1. The summed E-state index contributed by atoms with van der Waals surface area (Å²) in [5.41, 5.74) is 6.99. The molecule has 1 aromatic heterocycles. The molecule has 0 atom stereocenters. The van der Waals surface area contributed by atoms with Gasteiger partial charge in [-0.15, -0.1) is 0 Å². The molecule has 2 N–H and O–H groups in total. The summed E-state index contributed by atoms with van der Waals surface area (Å²) in [6.45, 7) is 0. The van der Waals surface area contributed by atoms with Gasteiger partial charge < -0.3 is 10.3 Å². The van der Waals surface area contributed by atoms with Crippen molar-refractivity contribution in [2.75, 3.05) is 0 Å². The molecular formula is C15H18BrN3O. The summed E-state index contributed by atoms with van der Waals surface area (Å²) < 4.78 is 6.40. The van der Waals surface area contributed by atoms with Crippen molar-refractivity contribution in [1.29, 1.82) is 0 Å². The van der Waals surface area contributed by atoms with Gasteiger partial charge in [0.2, 0.25) is 0 Å². The lowest BCUT2D eigenvalue weighted by atomic mass is 9.91. The van der Waals surface area contributed by atoms with Crippen LogP contribution in [0.25, 0.3) is 11.5 Å². The number of rotatable bonds is 2. The number of hydrogen-bond acceptors (Lipinski definition) is 4. The van der Waals surface area contributed by atoms with Gasteiger partial charge in [0.25, 0.3) is 5.89 Å². The second-order valence-corrected chi connectivity index (χ2v) is 6.42. The van der Waals surface area contributed by atoms with Gasteiger partial charge >= 0.3 is 0 Å². The van der Waals surface area contributed by atoms with E-state index < -0.39 is 5.54 Å². The lowest BCUT2D eigenvalue weighted by Crippen LogP contribution is -2.37. The number of aromatic nitrogens is 2. The van der Waals surface area contributed by atoms with Crippen LogP contribution in [0, 0.1) is 0 Å². The normalized spacial score (nSPS) is 18.7. The average molecular weight is 336 g/mol. The summed E-state index contributed by atoms with van der Waals surface area (Å²) in [6.07, 6.45) is 6.63. The smallest absolute Gasteiger partial charge is 0.258 e. The van der Waals surface area contributed by atoms with Crippen LogP contribution >= 0.6 is 15.9 Å². The fourth-order valence-electron chi connectivity index (χ4n) is 2.75. The molecule has 106 valence electrons. The van der Waals surface area contributed by atoms with E-state index in [1.807, 2.05) is 24.3 Å². The van der Waals surface area contributed by atoms with E-state index in [0.29, 0.717) is 11.7 Å². The van der Waals surface area contributed by atoms with Crippen molar-refractivity contribution in [2.24, 2.45) is 5.73 Å². The molecule has 1 fully saturated rings. The van der Waals surface area contributed by atoms with E-state index in [2.05, 4.69) is 26.1 Å². The Labute approximate surface area is 126 Å². The fourth-order valence-corrected chi connectivity index (χ4v) is 3.15. The zero-order chi connectivity index (χ0) is 14.0. The van der Waals surface area contributed by atoms with Gasteiger partial charge in [-0.3, -0.25) is 0 Å². The molecule has 1 aromatic carbocycles. The molecule has 0 aliphatic heterocycles. The standard InChI is InChI=1S/C15H18BrN3O/c16-12-7-5-6-11(10-12)13-18-14(19-20-13)15(17)8-3-1-2-4-9-15/h5-7,10H,1-4,8-9,17H2. The minimum absolute atomic E-state index is 0.426. The van der Waals surface area contributed by atoms with E-state index in [4.69, 9.17) is 10.3 Å². The van der Waals surface area contributed by atoms with E-state index in [0.717, 1.165) is 35.7 Å². The number of nitrogens with two attached hydrogens (primary N) is 1. The molecule has 1 aliphatic rings. The number of hydrogen-bond donors (Lipinski definition) is 1. The molecule has 20 heavy (non-hydrogen) atoms. The van der Waals surface area contributed by atoms with Crippen LogP contribution in [-0.4, -0.2) is 10.1 Å². The molecule has 1 saturated carbocycles. The van der Waals surface area contributed by atoms with Gasteiger partial charge in [-0.2, -0.15) is 4.98 Å². The predicted molar refractivity (Wildman–Crippen MR) is 81.0 cm³/mol. The topological polar surface area (TPSA) is 64.9 Å². The highest BCUT2D eigenvalue weighted by atomic mass is 79.9. The van der Waals surface area contributed by atoms with E-state index in [9.17, 15) is 0 Å². The van der Waals surface area contributed by atoms with Crippen molar-refractivity contribution in [3.05, 3.63) is 34.6 Å². The zero-order valence-electron chi connectivity index (χ0n) is 11.3. The van der Waals surface area contributed by atoms with Crippen LogP contribution in [0.4, 0.5) is 0 Å². The second kappa shape index (κ2) is 5.66. The molecule has 3 rings (SSSR count). The minimum atomic E-state index is -0.426. The van der Waals surface area contributed by atoms with Crippen LogP contribution < -0.4 is 5.73 Å². The van der Waals surface area contributed by atoms with Gasteiger partial charge in [0.15, 0.2) is 5.82 Å². The van der Waals surface area contributed by atoms with Crippen molar-refractivity contribution in [1.82, 2.24) is 10.1 Å². The monoisotopic (exact) mass is 335 g/mol. The molecule has 0 radical (unpaired) electrons. The Bertz CT molecular complexity index is 588. The maximum Gasteiger partial charge on any atom is 0.258 e. The van der Waals surface area contributed by atoms with Crippen molar-refractivity contribution >= 4 is 15.9 Å². The van der Waals surface area contributed by atoms with Crippen LogP contribution in [0.5, 0.6) is 0 Å². The highest BCUT2D eigenvalue weighted by molar-refractivity contribution is 9.10. The van der Waals surface area contributed by atoms with Crippen molar-refractivity contribution in [2.45, 2.75) is 44.1 Å². The van der Waals surface area contributed by atoms with E-state index in [-0.39, 0.29) is 0 Å². The molecule has 4 nitrogen and oxygen atoms in total. The first-order valence-electron chi connectivity index (χ1n) is 7.06. The molecule has 1 heterocycles.